The zero-order chi connectivity index (χ0) is 16.2. The zero-order valence-electron chi connectivity index (χ0n) is 13.7. The molecule has 1 saturated carbocycles. The second-order valence-corrected chi connectivity index (χ2v) is 6.35. The molecule has 0 radical (unpaired) electrons. The second kappa shape index (κ2) is 7.13. The highest BCUT2D eigenvalue weighted by molar-refractivity contribution is 5.74. The van der Waals surface area contributed by atoms with Gasteiger partial charge in [0.1, 0.15) is 5.76 Å². The van der Waals surface area contributed by atoms with Crippen molar-refractivity contribution in [3.63, 3.8) is 0 Å². The summed E-state index contributed by atoms with van der Waals surface area (Å²) in [7, 11) is 0. The maximum Gasteiger partial charge on any atom is 0.315 e. The third kappa shape index (κ3) is 3.61. The van der Waals surface area contributed by atoms with Gasteiger partial charge in [-0.25, -0.2) is 4.79 Å². The minimum atomic E-state index is -0.170. The van der Waals surface area contributed by atoms with Gasteiger partial charge in [0, 0.05) is 18.7 Å². The third-order valence-corrected chi connectivity index (χ3v) is 4.83. The molecule has 6 heteroatoms. The first-order valence-electron chi connectivity index (χ1n) is 8.09. The van der Waals surface area contributed by atoms with Crippen molar-refractivity contribution in [3.05, 3.63) is 17.0 Å². The molecule has 1 fully saturated rings. The van der Waals surface area contributed by atoms with Crippen molar-refractivity contribution >= 4 is 6.03 Å². The summed E-state index contributed by atoms with van der Waals surface area (Å²) in [5.74, 6) is 0.750. The van der Waals surface area contributed by atoms with Crippen molar-refractivity contribution in [2.24, 2.45) is 5.41 Å². The molecule has 1 atom stereocenters. The van der Waals surface area contributed by atoms with Crippen LogP contribution < -0.4 is 10.6 Å². The smallest absolute Gasteiger partial charge is 0.315 e. The molecule has 1 aromatic heterocycles. The lowest BCUT2D eigenvalue weighted by Crippen LogP contribution is -2.46. The molecule has 1 aliphatic carbocycles. The number of carbonyl (C=O) groups excluding carboxylic acids is 1. The molecule has 124 valence electrons. The van der Waals surface area contributed by atoms with Crippen LogP contribution in [0.3, 0.4) is 0 Å². The van der Waals surface area contributed by atoms with E-state index in [1.54, 1.807) is 0 Å². The third-order valence-electron chi connectivity index (χ3n) is 4.83. The predicted octanol–water partition coefficient (Wildman–Crippen LogP) is 2.59. The van der Waals surface area contributed by atoms with Crippen LogP contribution >= 0.6 is 0 Å². The van der Waals surface area contributed by atoms with Crippen molar-refractivity contribution in [1.29, 1.82) is 0 Å². The van der Waals surface area contributed by atoms with Crippen molar-refractivity contribution in [2.45, 2.75) is 58.9 Å². The Labute approximate surface area is 131 Å². The molecule has 0 aliphatic heterocycles. The molecule has 22 heavy (non-hydrogen) atoms. The quantitative estimate of drug-likeness (QED) is 0.722. The summed E-state index contributed by atoms with van der Waals surface area (Å²) >= 11 is 0. The normalized spacial score (nSPS) is 17.6. The number of aryl methyl sites for hydroxylation is 2. The number of amides is 2. The number of urea groups is 1. The predicted molar refractivity (Wildman–Crippen MR) is 83.5 cm³/mol. The largest absolute Gasteiger partial charge is 0.396 e. The van der Waals surface area contributed by atoms with Crippen LogP contribution in [0, 0.1) is 19.3 Å². The van der Waals surface area contributed by atoms with Crippen LogP contribution in [-0.2, 0) is 0 Å². The van der Waals surface area contributed by atoms with E-state index < -0.39 is 0 Å². The number of aliphatic hydroxyl groups excluding tert-OH is 1. The molecular formula is C16H27N3O3. The minimum Gasteiger partial charge on any atom is -0.396 e. The van der Waals surface area contributed by atoms with Gasteiger partial charge in [0.15, 0.2) is 0 Å². The molecule has 3 N–H and O–H groups in total. The molecule has 0 bridgehead atoms. The van der Waals surface area contributed by atoms with E-state index in [-0.39, 0.29) is 24.1 Å². The maximum absolute atomic E-state index is 12.2. The van der Waals surface area contributed by atoms with E-state index in [1.807, 2.05) is 20.8 Å². The Bertz CT molecular complexity index is 489. The van der Waals surface area contributed by atoms with Crippen LogP contribution in [-0.4, -0.2) is 29.4 Å². The fraction of sp³-hybridized carbons (Fsp3) is 0.750. The Hall–Kier alpha value is -1.56. The van der Waals surface area contributed by atoms with Gasteiger partial charge < -0.3 is 20.3 Å². The van der Waals surface area contributed by atoms with Crippen LogP contribution in [0.25, 0.3) is 0 Å². The first-order chi connectivity index (χ1) is 10.5. The van der Waals surface area contributed by atoms with E-state index in [2.05, 4.69) is 15.8 Å². The average Bonchev–Trinajstić information content (AvgIpc) is 2.78. The molecule has 1 aliphatic rings. The van der Waals surface area contributed by atoms with Gasteiger partial charge in [0.25, 0.3) is 0 Å². The van der Waals surface area contributed by atoms with Gasteiger partial charge >= 0.3 is 6.03 Å². The lowest BCUT2D eigenvalue weighted by Gasteiger charge is -2.41. The summed E-state index contributed by atoms with van der Waals surface area (Å²) < 4.78 is 5.18. The molecule has 6 nitrogen and oxygen atoms in total. The van der Waals surface area contributed by atoms with Gasteiger partial charge in [0.2, 0.25) is 0 Å². The summed E-state index contributed by atoms with van der Waals surface area (Å²) in [5, 5.41) is 19.1. The molecule has 1 unspecified atom stereocenters. The number of carbonyl (C=O) groups is 1. The molecule has 0 spiro atoms. The van der Waals surface area contributed by atoms with Crippen LogP contribution in [0.5, 0.6) is 0 Å². The molecule has 2 rings (SSSR count). The summed E-state index contributed by atoms with van der Waals surface area (Å²) in [6.45, 7) is 6.58. The van der Waals surface area contributed by atoms with Gasteiger partial charge in [-0.3, -0.25) is 0 Å². The van der Waals surface area contributed by atoms with Gasteiger partial charge in [-0.2, -0.15) is 0 Å². The average molecular weight is 309 g/mol. The lowest BCUT2D eigenvalue weighted by molar-refractivity contribution is 0.0883. The van der Waals surface area contributed by atoms with Gasteiger partial charge in [-0.05, 0) is 44.9 Å². The Kier molecular flexibility index (Phi) is 5.45. The summed E-state index contributed by atoms with van der Waals surface area (Å²) in [5.41, 5.74) is 1.88. The fourth-order valence-electron chi connectivity index (χ4n) is 3.27. The number of hydrogen-bond acceptors (Lipinski definition) is 4. The molecule has 2 amide bonds. The maximum atomic E-state index is 12.2. The number of nitrogens with zero attached hydrogens (tertiary/aromatic N) is 1. The van der Waals surface area contributed by atoms with Crippen LogP contribution in [0.15, 0.2) is 4.52 Å². The first kappa shape index (κ1) is 16.8. The van der Waals surface area contributed by atoms with Crippen molar-refractivity contribution in [2.75, 3.05) is 13.2 Å². The number of nitrogens with one attached hydrogen (secondary N) is 2. The van der Waals surface area contributed by atoms with Gasteiger partial charge in [-0.1, -0.05) is 18.5 Å². The lowest BCUT2D eigenvalue weighted by atomic mass is 9.67. The minimum absolute atomic E-state index is 0.0941. The zero-order valence-corrected chi connectivity index (χ0v) is 13.7. The Morgan fingerprint density at radius 2 is 2.18 bits per heavy atom. The van der Waals surface area contributed by atoms with Gasteiger partial charge in [0.05, 0.1) is 11.7 Å². The molecular weight excluding hydrogens is 282 g/mol. The molecule has 0 saturated heterocycles. The van der Waals surface area contributed by atoms with E-state index in [9.17, 15) is 4.79 Å². The van der Waals surface area contributed by atoms with E-state index in [4.69, 9.17) is 9.63 Å². The monoisotopic (exact) mass is 309 g/mol. The van der Waals surface area contributed by atoms with E-state index in [0.29, 0.717) is 6.54 Å². The van der Waals surface area contributed by atoms with Crippen LogP contribution in [0.2, 0.25) is 0 Å². The first-order valence-corrected chi connectivity index (χ1v) is 8.09. The van der Waals surface area contributed by atoms with Crippen molar-refractivity contribution in [3.8, 4) is 0 Å². The summed E-state index contributed by atoms with van der Waals surface area (Å²) in [6, 6.07) is -0.266. The Balaban J connectivity index is 1.90. The SMILES string of the molecule is CCC(NC(=O)NCC1(CCO)CCC1)c1c(C)noc1C. The van der Waals surface area contributed by atoms with E-state index >= 15 is 0 Å². The highest BCUT2D eigenvalue weighted by Crippen LogP contribution is 2.43. The highest BCUT2D eigenvalue weighted by Gasteiger charge is 2.36. The van der Waals surface area contributed by atoms with Gasteiger partial charge in [-0.15, -0.1) is 0 Å². The summed E-state index contributed by atoms with van der Waals surface area (Å²) in [6.07, 6.45) is 4.87. The van der Waals surface area contributed by atoms with Crippen molar-refractivity contribution in [1.82, 2.24) is 15.8 Å². The number of aromatic nitrogens is 1. The summed E-state index contributed by atoms with van der Waals surface area (Å²) in [4.78, 5) is 12.2. The highest BCUT2D eigenvalue weighted by atomic mass is 16.5. The topological polar surface area (TPSA) is 87.4 Å². The Morgan fingerprint density at radius 3 is 2.64 bits per heavy atom. The van der Waals surface area contributed by atoms with E-state index in [1.165, 1.54) is 6.42 Å². The standard InChI is InChI=1S/C16H27N3O3/c1-4-13(14-11(2)19-22-12(14)3)18-15(21)17-10-16(8-9-20)6-5-7-16/h13,20H,4-10H2,1-3H3,(H2,17,18,21). The molecule has 0 aromatic carbocycles. The molecule has 1 heterocycles. The second-order valence-electron chi connectivity index (χ2n) is 6.35. The number of rotatable bonds is 7. The molecule has 1 aromatic rings. The van der Waals surface area contributed by atoms with Crippen LogP contribution in [0.4, 0.5) is 4.79 Å². The van der Waals surface area contributed by atoms with Crippen molar-refractivity contribution < 1.29 is 14.4 Å². The van der Waals surface area contributed by atoms with Crippen LogP contribution in [0.1, 0.15) is 62.1 Å². The number of hydrogen-bond donors (Lipinski definition) is 3. The van der Waals surface area contributed by atoms with E-state index in [0.717, 1.165) is 42.7 Å². The Morgan fingerprint density at radius 1 is 1.45 bits per heavy atom. The number of aliphatic hydroxyl groups is 1. The fourth-order valence-corrected chi connectivity index (χ4v) is 3.27.